The van der Waals surface area contributed by atoms with E-state index in [1.807, 2.05) is 84.9 Å². The van der Waals surface area contributed by atoms with E-state index in [-0.39, 0.29) is 0 Å². The Morgan fingerprint density at radius 2 is 1.07 bits per heavy atom. The van der Waals surface area contributed by atoms with Crippen LogP contribution in [0.15, 0.2) is 109 Å². The molecule has 1 heterocycles. The van der Waals surface area contributed by atoms with E-state index in [9.17, 15) is 0 Å². The number of aromatic nitrogens is 2. The van der Waals surface area contributed by atoms with Crippen molar-refractivity contribution in [3.63, 3.8) is 0 Å². The Morgan fingerprint density at radius 1 is 0.483 bits per heavy atom. The molecule has 0 atom stereocenters. The third kappa shape index (κ3) is 3.58. The van der Waals surface area contributed by atoms with Gasteiger partial charge in [-0.2, -0.15) is 4.98 Å². The molecule has 0 aliphatic carbocycles. The summed E-state index contributed by atoms with van der Waals surface area (Å²) in [4.78, 5) is 9.42. The number of rotatable bonds is 4. The van der Waals surface area contributed by atoms with E-state index in [2.05, 4.69) is 24.3 Å². The van der Waals surface area contributed by atoms with Gasteiger partial charge < -0.3 is 4.74 Å². The van der Waals surface area contributed by atoms with Crippen LogP contribution in [0.5, 0.6) is 11.6 Å². The molecule has 1 aromatic heterocycles. The largest absolute Gasteiger partial charge is 0.438 e. The summed E-state index contributed by atoms with van der Waals surface area (Å²) in [5.41, 5.74) is 4.15. The maximum atomic E-state index is 6.19. The highest BCUT2D eigenvalue weighted by Crippen LogP contribution is 2.31. The van der Waals surface area contributed by atoms with Crippen molar-refractivity contribution in [2.45, 2.75) is 0 Å². The van der Waals surface area contributed by atoms with Gasteiger partial charge >= 0.3 is 0 Å². The van der Waals surface area contributed by atoms with Crippen molar-refractivity contribution < 1.29 is 4.74 Å². The SMILES string of the molecule is c1ccc(-c2ccc(Oc3nc(-c4ccccc4)nc4ccccc34)cc2)cc1. The number of nitrogens with zero attached hydrogens (tertiary/aromatic N) is 2. The van der Waals surface area contributed by atoms with Gasteiger partial charge in [0.15, 0.2) is 5.82 Å². The number of hydrogen-bond acceptors (Lipinski definition) is 3. The topological polar surface area (TPSA) is 35.0 Å². The first-order valence-corrected chi connectivity index (χ1v) is 9.52. The van der Waals surface area contributed by atoms with E-state index in [4.69, 9.17) is 14.7 Å². The summed E-state index contributed by atoms with van der Waals surface area (Å²) in [5.74, 6) is 1.95. The molecule has 5 aromatic rings. The van der Waals surface area contributed by atoms with Crippen molar-refractivity contribution in [1.29, 1.82) is 0 Å². The maximum Gasteiger partial charge on any atom is 0.230 e. The molecule has 0 saturated heterocycles. The highest BCUT2D eigenvalue weighted by Gasteiger charge is 2.11. The fraction of sp³-hybridized carbons (Fsp3) is 0. The number of fused-ring (bicyclic) bond motifs is 1. The molecule has 0 radical (unpaired) electrons. The zero-order chi connectivity index (χ0) is 19.5. The van der Waals surface area contributed by atoms with Crippen molar-refractivity contribution in [2.24, 2.45) is 0 Å². The van der Waals surface area contributed by atoms with E-state index >= 15 is 0 Å². The molecule has 0 aliphatic rings. The van der Waals surface area contributed by atoms with Crippen LogP contribution in [0.25, 0.3) is 33.4 Å². The smallest absolute Gasteiger partial charge is 0.230 e. The molecule has 0 aliphatic heterocycles. The average Bonchev–Trinajstić information content (AvgIpc) is 2.81. The molecule has 0 saturated carbocycles. The van der Waals surface area contributed by atoms with Crippen LogP contribution < -0.4 is 4.74 Å². The fourth-order valence-corrected chi connectivity index (χ4v) is 3.30. The van der Waals surface area contributed by atoms with Crippen molar-refractivity contribution in [1.82, 2.24) is 9.97 Å². The van der Waals surface area contributed by atoms with Gasteiger partial charge in [-0.15, -0.1) is 0 Å². The monoisotopic (exact) mass is 374 g/mol. The molecule has 0 fully saturated rings. The summed E-state index contributed by atoms with van der Waals surface area (Å²) >= 11 is 0. The second kappa shape index (κ2) is 7.56. The van der Waals surface area contributed by atoms with E-state index in [1.54, 1.807) is 0 Å². The summed E-state index contributed by atoms with van der Waals surface area (Å²) in [6.45, 7) is 0. The van der Waals surface area contributed by atoms with Gasteiger partial charge in [-0.25, -0.2) is 4.98 Å². The van der Waals surface area contributed by atoms with Crippen LogP contribution in [-0.4, -0.2) is 9.97 Å². The first-order chi connectivity index (χ1) is 14.4. The Hall–Kier alpha value is -3.98. The van der Waals surface area contributed by atoms with Gasteiger partial charge in [0.2, 0.25) is 5.88 Å². The molecule has 0 amide bonds. The number of benzene rings is 4. The molecule has 3 nitrogen and oxygen atoms in total. The first-order valence-electron chi connectivity index (χ1n) is 9.52. The normalized spacial score (nSPS) is 10.8. The van der Waals surface area contributed by atoms with Gasteiger partial charge in [0.1, 0.15) is 5.75 Å². The zero-order valence-electron chi connectivity index (χ0n) is 15.7. The lowest BCUT2D eigenvalue weighted by atomic mass is 10.1. The van der Waals surface area contributed by atoms with Crippen molar-refractivity contribution in [2.75, 3.05) is 0 Å². The van der Waals surface area contributed by atoms with Crippen molar-refractivity contribution in [3.05, 3.63) is 109 Å². The molecule has 0 bridgehead atoms. The minimum atomic E-state index is 0.557. The molecule has 3 heteroatoms. The lowest BCUT2D eigenvalue weighted by Crippen LogP contribution is -1.96. The van der Waals surface area contributed by atoms with Crippen molar-refractivity contribution >= 4 is 10.9 Å². The van der Waals surface area contributed by atoms with Gasteiger partial charge in [-0.3, -0.25) is 0 Å². The predicted octanol–water partition coefficient (Wildman–Crippen LogP) is 6.76. The molecule has 4 aromatic carbocycles. The Bertz CT molecular complexity index is 1250. The Kier molecular flexibility index (Phi) is 4.47. The van der Waals surface area contributed by atoms with E-state index in [0.717, 1.165) is 27.8 Å². The maximum absolute atomic E-state index is 6.19. The van der Waals surface area contributed by atoms with Gasteiger partial charge in [-0.05, 0) is 35.4 Å². The van der Waals surface area contributed by atoms with E-state index in [1.165, 1.54) is 5.56 Å². The number of para-hydroxylation sites is 1. The number of ether oxygens (including phenoxy) is 1. The van der Waals surface area contributed by atoms with Gasteiger partial charge in [0, 0.05) is 5.56 Å². The summed E-state index contributed by atoms with van der Waals surface area (Å²) < 4.78 is 6.19. The molecule has 5 rings (SSSR count). The van der Waals surface area contributed by atoms with Crippen molar-refractivity contribution in [3.8, 4) is 34.1 Å². The molecule has 29 heavy (non-hydrogen) atoms. The zero-order valence-corrected chi connectivity index (χ0v) is 15.7. The summed E-state index contributed by atoms with van der Waals surface area (Å²) in [5, 5.41) is 0.888. The average molecular weight is 374 g/mol. The quantitative estimate of drug-likeness (QED) is 0.349. The lowest BCUT2D eigenvalue weighted by Gasteiger charge is -2.11. The fourth-order valence-electron chi connectivity index (χ4n) is 3.30. The summed E-state index contributed by atoms with van der Waals surface area (Å²) in [7, 11) is 0. The van der Waals surface area contributed by atoms with Crippen LogP contribution in [0.2, 0.25) is 0 Å². The second-order valence-electron chi connectivity index (χ2n) is 6.73. The predicted molar refractivity (Wildman–Crippen MR) is 117 cm³/mol. The Balaban J connectivity index is 1.53. The van der Waals surface area contributed by atoms with Gasteiger partial charge in [0.05, 0.1) is 10.9 Å². The number of hydrogen-bond donors (Lipinski definition) is 0. The van der Waals surface area contributed by atoms with Crippen LogP contribution >= 0.6 is 0 Å². The van der Waals surface area contributed by atoms with Crippen LogP contribution in [0.3, 0.4) is 0 Å². The van der Waals surface area contributed by atoms with Crippen LogP contribution in [0.1, 0.15) is 0 Å². The third-order valence-electron chi connectivity index (χ3n) is 4.78. The van der Waals surface area contributed by atoms with Gasteiger partial charge in [0.25, 0.3) is 0 Å². The summed E-state index contributed by atoms with van der Waals surface area (Å²) in [6.07, 6.45) is 0. The highest BCUT2D eigenvalue weighted by molar-refractivity contribution is 5.85. The molecule has 0 N–H and O–H groups in total. The first kappa shape index (κ1) is 17.1. The summed E-state index contributed by atoms with van der Waals surface area (Å²) in [6, 6.07) is 36.2. The Morgan fingerprint density at radius 3 is 1.79 bits per heavy atom. The molecular formula is C26H18N2O. The van der Waals surface area contributed by atoms with E-state index < -0.39 is 0 Å². The third-order valence-corrected chi connectivity index (χ3v) is 4.78. The van der Waals surface area contributed by atoms with E-state index in [0.29, 0.717) is 11.7 Å². The van der Waals surface area contributed by atoms with Gasteiger partial charge in [-0.1, -0.05) is 84.9 Å². The molecule has 138 valence electrons. The van der Waals surface area contributed by atoms with Crippen LogP contribution in [0.4, 0.5) is 0 Å². The standard InChI is InChI=1S/C26H18N2O/c1-3-9-19(10-4-1)20-15-17-22(18-16-20)29-26-23-13-7-8-14-24(23)27-25(28-26)21-11-5-2-6-12-21/h1-18H. The molecule has 0 unspecified atom stereocenters. The minimum absolute atomic E-state index is 0.557. The molecular weight excluding hydrogens is 356 g/mol. The molecule has 0 spiro atoms. The highest BCUT2D eigenvalue weighted by atomic mass is 16.5. The Labute approximate surface area is 169 Å². The van der Waals surface area contributed by atoms with Crippen LogP contribution in [-0.2, 0) is 0 Å². The lowest BCUT2D eigenvalue weighted by molar-refractivity contribution is 0.469. The minimum Gasteiger partial charge on any atom is -0.438 e. The second-order valence-corrected chi connectivity index (χ2v) is 6.73. The van der Waals surface area contributed by atoms with Crippen LogP contribution in [0, 0.1) is 0 Å².